The third-order valence-corrected chi connectivity index (χ3v) is 4.54. The minimum absolute atomic E-state index is 0.452. The van der Waals surface area contributed by atoms with E-state index in [1.165, 1.54) is 0 Å². The zero-order valence-corrected chi connectivity index (χ0v) is 13.4. The second-order valence-corrected chi connectivity index (χ2v) is 6.01. The van der Waals surface area contributed by atoms with Gasteiger partial charge in [-0.3, -0.25) is 4.98 Å². The van der Waals surface area contributed by atoms with Gasteiger partial charge in [0.1, 0.15) is 11.3 Å². The van der Waals surface area contributed by atoms with Crippen molar-refractivity contribution >= 4 is 0 Å². The minimum atomic E-state index is -0.760. The van der Waals surface area contributed by atoms with Crippen LogP contribution < -0.4 is 10.5 Å². The van der Waals surface area contributed by atoms with Gasteiger partial charge >= 0.3 is 0 Å². The summed E-state index contributed by atoms with van der Waals surface area (Å²) in [6, 6.07) is 9.77. The van der Waals surface area contributed by atoms with Crippen LogP contribution in [0.3, 0.4) is 0 Å². The van der Waals surface area contributed by atoms with Crippen LogP contribution in [-0.4, -0.2) is 22.2 Å². The number of fused-ring (bicyclic) bond motifs is 1. The first kappa shape index (κ1) is 14.8. The summed E-state index contributed by atoms with van der Waals surface area (Å²) in [5, 5.41) is 4.09. The Morgan fingerprint density at radius 2 is 2.21 bits per heavy atom. The summed E-state index contributed by atoms with van der Waals surface area (Å²) in [7, 11) is 1.67. The highest BCUT2D eigenvalue weighted by atomic mass is 16.5. The number of hydrogen-bond acceptors (Lipinski definition) is 6. The molecule has 122 valence electrons. The number of ether oxygens (including phenoxy) is 1. The van der Waals surface area contributed by atoms with Crippen LogP contribution in [0, 0.1) is 0 Å². The van der Waals surface area contributed by atoms with Gasteiger partial charge in [-0.25, -0.2) is 0 Å². The van der Waals surface area contributed by atoms with Crippen LogP contribution in [-0.2, 0) is 18.4 Å². The first-order valence-electron chi connectivity index (χ1n) is 7.88. The number of nitrogens with two attached hydrogens (primary N) is 1. The maximum absolute atomic E-state index is 6.66. The topological polar surface area (TPSA) is 87.1 Å². The third-order valence-electron chi connectivity index (χ3n) is 4.54. The van der Waals surface area contributed by atoms with Gasteiger partial charge in [0.05, 0.1) is 7.11 Å². The van der Waals surface area contributed by atoms with E-state index in [-0.39, 0.29) is 0 Å². The van der Waals surface area contributed by atoms with Gasteiger partial charge in [-0.05, 0) is 41.7 Å². The van der Waals surface area contributed by atoms with E-state index in [1.807, 2.05) is 30.3 Å². The van der Waals surface area contributed by atoms with Crippen molar-refractivity contribution in [3.8, 4) is 5.75 Å². The zero-order chi connectivity index (χ0) is 16.6. The summed E-state index contributed by atoms with van der Waals surface area (Å²) in [4.78, 5) is 8.65. The Hall–Kier alpha value is -2.73. The molecule has 6 nitrogen and oxygen atoms in total. The molecule has 4 rings (SSSR count). The van der Waals surface area contributed by atoms with Crippen molar-refractivity contribution in [1.29, 1.82) is 0 Å². The van der Waals surface area contributed by atoms with E-state index < -0.39 is 5.54 Å². The van der Waals surface area contributed by atoms with Gasteiger partial charge in [0, 0.05) is 18.8 Å². The molecule has 2 heterocycles. The predicted molar refractivity (Wildman–Crippen MR) is 87.6 cm³/mol. The SMILES string of the molecule is COc1cccc2c1CCC2(N)c1nc(Cc2cccnc2)no1. The van der Waals surface area contributed by atoms with Crippen LogP contribution in [0.2, 0.25) is 0 Å². The molecule has 2 aromatic heterocycles. The maximum atomic E-state index is 6.66. The molecule has 6 heteroatoms. The van der Waals surface area contributed by atoms with Gasteiger partial charge < -0.3 is 15.0 Å². The summed E-state index contributed by atoms with van der Waals surface area (Å²) in [5.41, 5.74) is 9.05. The first-order chi connectivity index (χ1) is 11.7. The van der Waals surface area contributed by atoms with Crippen molar-refractivity contribution in [2.75, 3.05) is 7.11 Å². The molecule has 1 aromatic carbocycles. The van der Waals surface area contributed by atoms with Crippen molar-refractivity contribution in [2.24, 2.45) is 5.73 Å². The molecule has 3 aromatic rings. The predicted octanol–water partition coefficient (Wildman–Crippen LogP) is 2.21. The summed E-state index contributed by atoms with van der Waals surface area (Å²) >= 11 is 0. The average Bonchev–Trinajstić information content (AvgIpc) is 3.22. The quantitative estimate of drug-likeness (QED) is 0.792. The third kappa shape index (κ3) is 2.35. The molecule has 0 aliphatic heterocycles. The van der Waals surface area contributed by atoms with Crippen LogP contribution in [0.15, 0.2) is 47.2 Å². The van der Waals surface area contributed by atoms with Gasteiger partial charge in [0.15, 0.2) is 5.82 Å². The van der Waals surface area contributed by atoms with Crippen LogP contribution in [0.4, 0.5) is 0 Å². The molecule has 0 amide bonds. The molecule has 0 bridgehead atoms. The van der Waals surface area contributed by atoms with E-state index in [0.29, 0.717) is 18.1 Å². The highest BCUT2D eigenvalue weighted by Crippen LogP contribution is 2.42. The van der Waals surface area contributed by atoms with Gasteiger partial charge in [0.2, 0.25) is 0 Å². The molecule has 2 N–H and O–H groups in total. The van der Waals surface area contributed by atoms with Gasteiger partial charge in [-0.1, -0.05) is 23.4 Å². The minimum Gasteiger partial charge on any atom is -0.496 e. The van der Waals surface area contributed by atoms with Crippen molar-refractivity contribution in [1.82, 2.24) is 15.1 Å². The highest BCUT2D eigenvalue weighted by Gasteiger charge is 2.42. The van der Waals surface area contributed by atoms with E-state index in [1.54, 1.807) is 19.5 Å². The monoisotopic (exact) mass is 322 g/mol. The van der Waals surface area contributed by atoms with Crippen molar-refractivity contribution in [3.05, 3.63) is 71.1 Å². The number of benzene rings is 1. The fourth-order valence-electron chi connectivity index (χ4n) is 3.30. The van der Waals surface area contributed by atoms with Crippen LogP contribution >= 0.6 is 0 Å². The number of hydrogen-bond donors (Lipinski definition) is 1. The van der Waals surface area contributed by atoms with Crippen LogP contribution in [0.5, 0.6) is 5.75 Å². The van der Waals surface area contributed by atoms with E-state index in [4.69, 9.17) is 15.0 Å². The molecule has 1 unspecified atom stereocenters. The Bertz CT molecular complexity index is 862. The Morgan fingerprint density at radius 1 is 1.29 bits per heavy atom. The van der Waals surface area contributed by atoms with E-state index in [9.17, 15) is 0 Å². The van der Waals surface area contributed by atoms with Crippen molar-refractivity contribution in [2.45, 2.75) is 24.8 Å². The molecule has 1 aliphatic carbocycles. The molecule has 1 aliphatic rings. The molecule has 0 saturated heterocycles. The lowest BCUT2D eigenvalue weighted by Crippen LogP contribution is -2.35. The number of methoxy groups -OCH3 is 1. The van der Waals surface area contributed by atoms with E-state index in [2.05, 4.69) is 15.1 Å². The largest absolute Gasteiger partial charge is 0.496 e. The lowest BCUT2D eigenvalue weighted by Gasteiger charge is -2.20. The van der Waals surface area contributed by atoms with Gasteiger partial charge in [0.25, 0.3) is 5.89 Å². The average molecular weight is 322 g/mol. The van der Waals surface area contributed by atoms with E-state index in [0.717, 1.165) is 35.3 Å². The van der Waals surface area contributed by atoms with Gasteiger partial charge in [-0.15, -0.1) is 0 Å². The Labute approximate surface area is 139 Å². The molecule has 0 spiro atoms. The fraction of sp³-hybridized carbons (Fsp3) is 0.278. The maximum Gasteiger partial charge on any atom is 0.251 e. The Kier molecular flexibility index (Phi) is 3.54. The van der Waals surface area contributed by atoms with Crippen LogP contribution in [0.25, 0.3) is 0 Å². The molecule has 0 fully saturated rings. The molecule has 24 heavy (non-hydrogen) atoms. The Balaban J connectivity index is 1.66. The fourth-order valence-corrected chi connectivity index (χ4v) is 3.30. The number of rotatable bonds is 4. The number of aromatic nitrogens is 3. The highest BCUT2D eigenvalue weighted by molar-refractivity contribution is 5.50. The molecule has 1 atom stereocenters. The zero-order valence-electron chi connectivity index (χ0n) is 13.4. The van der Waals surface area contributed by atoms with Crippen molar-refractivity contribution < 1.29 is 9.26 Å². The van der Waals surface area contributed by atoms with Gasteiger partial charge in [-0.2, -0.15) is 4.98 Å². The molecule has 0 radical (unpaired) electrons. The number of pyridine rings is 1. The lowest BCUT2D eigenvalue weighted by molar-refractivity contribution is 0.310. The summed E-state index contributed by atoms with van der Waals surface area (Å²) in [6.45, 7) is 0. The number of nitrogens with zero attached hydrogens (tertiary/aromatic N) is 3. The van der Waals surface area contributed by atoms with Crippen LogP contribution in [0.1, 0.15) is 34.8 Å². The summed E-state index contributed by atoms with van der Waals surface area (Å²) in [6.07, 6.45) is 5.65. The van der Waals surface area contributed by atoms with E-state index >= 15 is 0 Å². The summed E-state index contributed by atoms with van der Waals surface area (Å²) in [5.74, 6) is 1.92. The Morgan fingerprint density at radius 3 is 3.00 bits per heavy atom. The smallest absolute Gasteiger partial charge is 0.251 e. The first-order valence-corrected chi connectivity index (χ1v) is 7.88. The normalized spacial score (nSPS) is 19.2. The summed E-state index contributed by atoms with van der Waals surface area (Å²) < 4.78 is 10.9. The second kappa shape index (κ2) is 5.72. The molecule has 0 saturated carbocycles. The molecular formula is C18H18N4O2. The standard InChI is InChI=1S/C18H18N4O2/c1-23-15-6-2-5-14-13(15)7-8-18(14,19)17-21-16(22-24-17)10-12-4-3-9-20-11-12/h2-6,9,11H,7-8,10,19H2,1H3. The second-order valence-electron chi connectivity index (χ2n) is 6.01. The van der Waals surface area contributed by atoms with Crippen molar-refractivity contribution in [3.63, 3.8) is 0 Å². The molecular weight excluding hydrogens is 304 g/mol. The lowest BCUT2D eigenvalue weighted by atomic mass is 9.93.